The van der Waals surface area contributed by atoms with Crippen LogP contribution in [0.2, 0.25) is 0 Å². The maximum absolute atomic E-state index is 13.4. The lowest BCUT2D eigenvalue weighted by Crippen LogP contribution is -2.35. The normalized spacial score (nSPS) is 19.0. The zero-order valence-corrected chi connectivity index (χ0v) is 9.32. The first-order valence-electron chi connectivity index (χ1n) is 5.62. The molecule has 4 heteroatoms. The van der Waals surface area contributed by atoms with Crippen molar-refractivity contribution in [3.8, 4) is 5.75 Å². The second kappa shape index (κ2) is 4.99. The van der Waals surface area contributed by atoms with E-state index in [-0.39, 0.29) is 17.4 Å². The number of hydrogen-bond acceptors (Lipinski definition) is 2. The molecule has 0 spiro atoms. The van der Waals surface area contributed by atoms with Gasteiger partial charge in [-0.25, -0.2) is 4.39 Å². The third-order valence-corrected chi connectivity index (χ3v) is 2.82. The summed E-state index contributed by atoms with van der Waals surface area (Å²) in [5, 5.41) is 12.2. The van der Waals surface area contributed by atoms with Crippen molar-refractivity contribution in [2.24, 2.45) is 0 Å². The second-order valence-corrected chi connectivity index (χ2v) is 4.09. The molecule has 0 unspecified atom stereocenters. The van der Waals surface area contributed by atoms with Crippen molar-refractivity contribution in [2.45, 2.75) is 25.3 Å². The summed E-state index contributed by atoms with van der Waals surface area (Å²) < 4.78 is 13.4. The van der Waals surface area contributed by atoms with E-state index in [4.69, 9.17) is 0 Å². The van der Waals surface area contributed by atoms with E-state index in [9.17, 15) is 14.3 Å². The summed E-state index contributed by atoms with van der Waals surface area (Å²) >= 11 is 0. The van der Waals surface area contributed by atoms with E-state index in [1.54, 1.807) is 0 Å². The summed E-state index contributed by atoms with van der Waals surface area (Å²) in [5.74, 6) is -1.58. The van der Waals surface area contributed by atoms with Gasteiger partial charge in [0.2, 0.25) is 0 Å². The van der Waals surface area contributed by atoms with Crippen LogP contribution in [0.25, 0.3) is 0 Å². The molecule has 1 aliphatic carbocycles. The molecule has 0 saturated carbocycles. The Morgan fingerprint density at radius 2 is 2.24 bits per heavy atom. The molecule has 0 saturated heterocycles. The smallest absolute Gasteiger partial charge is 0.258 e. The zero-order valence-electron chi connectivity index (χ0n) is 9.32. The predicted octanol–water partition coefficient (Wildman–Crippen LogP) is 2.37. The van der Waals surface area contributed by atoms with E-state index in [1.165, 1.54) is 12.1 Å². The van der Waals surface area contributed by atoms with Crippen molar-refractivity contribution in [3.05, 3.63) is 41.7 Å². The highest BCUT2D eigenvalue weighted by molar-refractivity contribution is 5.97. The Hall–Kier alpha value is -1.84. The number of carbonyl (C=O) groups excluding carboxylic acids is 1. The minimum Gasteiger partial charge on any atom is -0.507 e. The molecule has 0 bridgehead atoms. The first-order valence-corrected chi connectivity index (χ1v) is 5.62. The molecule has 0 fully saturated rings. The largest absolute Gasteiger partial charge is 0.507 e. The molecule has 1 aromatic carbocycles. The van der Waals surface area contributed by atoms with Gasteiger partial charge in [0.25, 0.3) is 5.91 Å². The van der Waals surface area contributed by atoms with Gasteiger partial charge in [-0.1, -0.05) is 18.2 Å². The fourth-order valence-corrected chi connectivity index (χ4v) is 1.92. The summed E-state index contributed by atoms with van der Waals surface area (Å²) in [6, 6.07) is 3.85. The molecule has 1 aliphatic rings. The molecular formula is C13H14FNO2. The van der Waals surface area contributed by atoms with Crippen molar-refractivity contribution < 1.29 is 14.3 Å². The number of amides is 1. The van der Waals surface area contributed by atoms with Gasteiger partial charge in [0.15, 0.2) is 0 Å². The van der Waals surface area contributed by atoms with Crippen LogP contribution in [-0.4, -0.2) is 17.1 Å². The molecule has 3 nitrogen and oxygen atoms in total. The van der Waals surface area contributed by atoms with Crippen LogP contribution in [0.15, 0.2) is 30.4 Å². The summed E-state index contributed by atoms with van der Waals surface area (Å²) in [5.41, 5.74) is -0.276. The van der Waals surface area contributed by atoms with Crippen LogP contribution in [0.3, 0.4) is 0 Å². The molecule has 90 valence electrons. The van der Waals surface area contributed by atoms with E-state index in [2.05, 4.69) is 11.4 Å². The number of carbonyl (C=O) groups is 1. The number of nitrogens with one attached hydrogen (secondary N) is 1. The Morgan fingerprint density at radius 3 is 2.88 bits per heavy atom. The van der Waals surface area contributed by atoms with Crippen LogP contribution < -0.4 is 5.32 Å². The maximum Gasteiger partial charge on any atom is 0.258 e. The molecule has 0 aliphatic heterocycles. The summed E-state index contributed by atoms with van der Waals surface area (Å²) in [7, 11) is 0. The van der Waals surface area contributed by atoms with E-state index in [0.717, 1.165) is 25.3 Å². The van der Waals surface area contributed by atoms with Gasteiger partial charge in [0.1, 0.15) is 17.1 Å². The molecule has 0 radical (unpaired) electrons. The molecule has 0 aromatic heterocycles. The van der Waals surface area contributed by atoms with Gasteiger partial charge < -0.3 is 10.4 Å². The highest BCUT2D eigenvalue weighted by Gasteiger charge is 2.19. The Morgan fingerprint density at radius 1 is 1.41 bits per heavy atom. The number of phenols is 1. The number of halogens is 1. The predicted molar refractivity (Wildman–Crippen MR) is 62.3 cm³/mol. The van der Waals surface area contributed by atoms with Crippen LogP contribution in [0.4, 0.5) is 4.39 Å². The van der Waals surface area contributed by atoms with E-state index < -0.39 is 11.7 Å². The van der Waals surface area contributed by atoms with Crippen LogP contribution in [0.1, 0.15) is 29.6 Å². The number of hydrogen-bond donors (Lipinski definition) is 2. The number of phenolic OH excluding ortho intramolecular Hbond substituents is 1. The lowest BCUT2D eigenvalue weighted by molar-refractivity contribution is 0.0927. The summed E-state index contributed by atoms with van der Waals surface area (Å²) in [6.07, 6.45) is 6.56. The van der Waals surface area contributed by atoms with Crippen molar-refractivity contribution in [2.75, 3.05) is 0 Å². The number of rotatable bonds is 2. The van der Waals surface area contributed by atoms with Gasteiger partial charge in [-0.15, -0.1) is 0 Å². The summed E-state index contributed by atoms with van der Waals surface area (Å²) in [6.45, 7) is 0. The molecule has 17 heavy (non-hydrogen) atoms. The van der Waals surface area contributed by atoms with Gasteiger partial charge in [-0.05, 0) is 31.4 Å². The first kappa shape index (κ1) is 11.6. The Balaban J connectivity index is 2.11. The average Bonchev–Trinajstić information content (AvgIpc) is 2.30. The van der Waals surface area contributed by atoms with Gasteiger partial charge in [0.05, 0.1) is 0 Å². The van der Waals surface area contributed by atoms with Crippen LogP contribution >= 0.6 is 0 Å². The van der Waals surface area contributed by atoms with Gasteiger partial charge in [0, 0.05) is 6.04 Å². The van der Waals surface area contributed by atoms with Gasteiger partial charge >= 0.3 is 0 Å². The Labute approximate surface area is 99.0 Å². The average molecular weight is 235 g/mol. The SMILES string of the molecule is O=C(N[C@H]1CC=CCC1)c1c(O)cccc1F. The molecule has 1 aromatic rings. The van der Waals surface area contributed by atoms with Crippen LogP contribution in [-0.2, 0) is 0 Å². The number of benzene rings is 1. The van der Waals surface area contributed by atoms with Crippen molar-refractivity contribution >= 4 is 5.91 Å². The van der Waals surface area contributed by atoms with E-state index >= 15 is 0 Å². The molecular weight excluding hydrogens is 221 g/mol. The van der Waals surface area contributed by atoms with Crippen LogP contribution in [0.5, 0.6) is 5.75 Å². The first-order chi connectivity index (χ1) is 8.18. The lowest BCUT2D eigenvalue weighted by atomic mass is 10.0. The summed E-state index contributed by atoms with van der Waals surface area (Å²) in [4.78, 5) is 11.8. The molecule has 0 heterocycles. The maximum atomic E-state index is 13.4. The fourth-order valence-electron chi connectivity index (χ4n) is 1.92. The molecule has 2 rings (SSSR count). The monoisotopic (exact) mass is 235 g/mol. The third-order valence-electron chi connectivity index (χ3n) is 2.82. The van der Waals surface area contributed by atoms with E-state index in [0.29, 0.717) is 0 Å². The topological polar surface area (TPSA) is 49.3 Å². The Bertz CT molecular complexity index is 436. The van der Waals surface area contributed by atoms with Gasteiger partial charge in [-0.3, -0.25) is 4.79 Å². The zero-order chi connectivity index (χ0) is 12.3. The van der Waals surface area contributed by atoms with E-state index in [1.807, 2.05) is 6.08 Å². The highest BCUT2D eigenvalue weighted by Crippen LogP contribution is 2.20. The lowest BCUT2D eigenvalue weighted by Gasteiger charge is -2.19. The second-order valence-electron chi connectivity index (χ2n) is 4.09. The van der Waals surface area contributed by atoms with Crippen LogP contribution in [0, 0.1) is 5.82 Å². The van der Waals surface area contributed by atoms with Crippen molar-refractivity contribution in [1.82, 2.24) is 5.32 Å². The van der Waals surface area contributed by atoms with Gasteiger partial charge in [-0.2, -0.15) is 0 Å². The minimum atomic E-state index is -0.700. The highest BCUT2D eigenvalue weighted by atomic mass is 19.1. The quantitative estimate of drug-likeness (QED) is 0.773. The fraction of sp³-hybridized carbons (Fsp3) is 0.308. The van der Waals surface area contributed by atoms with Crippen molar-refractivity contribution in [1.29, 1.82) is 0 Å². The standard InChI is InChI=1S/C13H14FNO2/c14-10-7-4-8-11(16)12(10)13(17)15-9-5-2-1-3-6-9/h1-2,4,7-9,16H,3,5-6H2,(H,15,17)/t9-/m0/s1. The van der Waals surface area contributed by atoms with Crippen molar-refractivity contribution in [3.63, 3.8) is 0 Å². The molecule has 2 N–H and O–H groups in total. The third kappa shape index (κ3) is 2.64. The molecule has 1 amide bonds. The number of allylic oxidation sites excluding steroid dienone is 1. The Kier molecular flexibility index (Phi) is 3.42. The molecule has 1 atom stereocenters. The number of aromatic hydroxyl groups is 1. The minimum absolute atomic E-state index is 0.0199.